The van der Waals surface area contributed by atoms with E-state index in [0.29, 0.717) is 6.54 Å². The van der Waals surface area contributed by atoms with Gasteiger partial charge in [-0.25, -0.2) is 4.98 Å². The third kappa shape index (κ3) is 2.57. The molecule has 16 heavy (non-hydrogen) atoms. The van der Waals surface area contributed by atoms with Gasteiger partial charge in [-0.3, -0.25) is 4.79 Å². The molecule has 0 aliphatic rings. The third-order valence-corrected chi connectivity index (χ3v) is 2.14. The molecule has 0 bridgehead atoms. The van der Waals surface area contributed by atoms with Crippen LogP contribution in [0, 0.1) is 10.1 Å². The number of aliphatic hydroxyl groups excluding tert-OH is 1. The van der Waals surface area contributed by atoms with Crippen molar-refractivity contribution in [2.45, 2.75) is 6.92 Å². The monoisotopic (exact) mass is 227 g/mol. The highest BCUT2D eigenvalue weighted by Crippen LogP contribution is 2.11. The van der Waals surface area contributed by atoms with Crippen molar-refractivity contribution >= 4 is 11.7 Å². The lowest BCUT2D eigenvalue weighted by Crippen LogP contribution is -2.33. The summed E-state index contributed by atoms with van der Waals surface area (Å²) in [5.74, 6) is -0.576. The molecule has 7 heteroatoms. The minimum atomic E-state index is -0.598. The van der Waals surface area contributed by atoms with E-state index < -0.39 is 4.92 Å². The fraction of sp³-hybridized carbons (Fsp3) is 0.444. The number of likely N-dealkylation sites (N-methyl/N-ethyl adjacent to an activating group) is 1. The Balaban J connectivity index is 2.82. The molecule has 0 aromatic carbocycles. The second-order valence-electron chi connectivity index (χ2n) is 3.12. The van der Waals surface area contributed by atoms with Gasteiger partial charge < -0.3 is 20.1 Å². The standard InChI is InChI=1S/C9H13N3O4/c1-2-11(5-6-13)9(14)7-3-4-8(10-7)12(15)16/h3-4,10,13H,2,5-6H2,1H3. The second-order valence-corrected chi connectivity index (χ2v) is 3.12. The second kappa shape index (κ2) is 5.26. The highest BCUT2D eigenvalue weighted by atomic mass is 16.6. The molecule has 0 aliphatic carbocycles. The lowest BCUT2D eigenvalue weighted by molar-refractivity contribution is -0.389. The van der Waals surface area contributed by atoms with Crippen LogP contribution in [0.4, 0.5) is 5.82 Å². The van der Waals surface area contributed by atoms with Crippen molar-refractivity contribution in [3.63, 3.8) is 0 Å². The zero-order valence-corrected chi connectivity index (χ0v) is 8.84. The summed E-state index contributed by atoms with van der Waals surface area (Å²) in [7, 11) is 0. The van der Waals surface area contributed by atoms with E-state index >= 15 is 0 Å². The van der Waals surface area contributed by atoms with Crippen molar-refractivity contribution in [2.75, 3.05) is 19.7 Å². The Morgan fingerprint density at radius 3 is 2.75 bits per heavy atom. The van der Waals surface area contributed by atoms with Crippen LogP contribution >= 0.6 is 0 Å². The molecule has 7 nitrogen and oxygen atoms in total. The van der Waals surface area contributed by atoms with Crippen LogP contribution in [0.15, 0.2) is 12.1 Å². The van der Waals surface area contributed by atoms with Gasteiger partial charge in [-0.05, 0) is 17.9 Å². The largest absolute Gasteiger partial charge is 0.395 e. The van der Waals surface area contributed by atoms with Gasteiger partial charge in [-0.2, -0.15) is 0 Å². The van der Waals surface area contributed by atoms with E-state index in [1.54, 1.807) is 6.92 Å². The van der Waals surface area contributed by atoms with Gasteiger partial charge in [0.05, 0.1) is 6.61 Å². The van der Waals surface area contributed by atoms with E-state index in [2.05, 4.69) is 4.98 Å². The molecule has 0 spiro atoms. The number of hydrogen-bond donors (Lipinski definition) is 2. The maximum atomic E-state index is 11.8. The first-order valence-electron chi connectivity index (χ1n) is 4.83. The maximum Gasteiger partial charge on any atom is 0.321 e. The lowest BCUT2D eigenvalue weighted by atomic mass is 10.3. The highest BCUT2D eigenvalue weighted by Gasteiger charge is 2.19. The number of H-pyrrole nitrogens is 1. The number of nitro groups is 1. The number of hydrogen-bond acceptors (Lipinski definition) is 4. The molecular weight excluding hydrogens is 214 g/mol. The molecule has 2 N–H and O–H groups in total. The van der Waals surface area contributed by atoms with E-state index in [1.165, 1.54) is 17.0 Å². The molecule has 1 aromatic heterocycles. The van der Waals surface area contributed by atoms with Gasteiger partial charge in [-0.1, -0.05) is 0 Å². The Kier molecular flexibility index (Phi) is 4.01. The fourth-order valence-corrected chi connectivity index (χ4v) is 1.31. The molecule has 1 amide bonds. The summed E-state index contributed by atoms with van der Waals surface area (Å²) < 4.78 is 0. The van der Waals surface area contributed by atoms with Crippen LogP contribution in [0.5, 0.6) is 0 Å². The predicted molar refractivity (Wildman–Crippen MR) is 56.1 cm³/mol. The Hall–Kier alpha value is -1.89. The first-order valence-corrected chi connectivity index (χ1v) is 4.83. The number of carbonyl (C=O) groups is 1. The van der Waals surface area contributed by atoms with E-state index in [1.807, 2.05) is 0 Å². The van der Waals surface area contributed by atoms with Gasteiger partial charge in [0.1, 0.15) is 0 Å². The van der Waals surface area contributed by atoms with Crippen molar-refractivity contribution in [3.05, 3.63) is 27.9 Å². The molecule has 1 rings (SSSR count). The topological polar surface area (TPSA) is 99.5 Å². The number of rotatable bonds is 5. The summed E-state index contributed by atoms with van der Waals surface area (Å²) in [5, 5.41) is 19.2. The Labute approximate surface area is 91.8 Å². The van der Waals surface area contributed by atoms with Gasteiger partial charge in [0.15, 0.2) is 5.69 Å². The van der Waals surface area contributed by atoms with Gasteiger partial charge >= 0.3 is 5.82 Å². The molecule has 0 aliphatic heterocycles. The van der Waals surface area contributed by atoms with Gasteiger partial charge in [-0.15, -0.1) is 0 Å². The SMILES string of the molecule is CCN(CCO)C(=O)c1ccc([N+](=O)[O-])[nH]1. The number of carbonyl (C=O) groups excluding carboxylic acids is 1. The zero-order chi connectivity index (χ0) is 12.1. The van der Waals surface area contributed by atoms with Crippen molar-refractivity contribution < 1.29 is 14.8 Å². The molecule has 0 radical (unpaired) electrons. The normalized spacial score (nSPS) is 10.1. The van der Waals surface area contributed by atoms with Crippen molar-refractivity contribution in [1.29, 1.82) is 0 Å². The summed E-state index contributed by atoms with van der Waals surface area (Å²) in [4.78, 5) is 25.4. The number of nitrogens with one attached hydrogen (secondary N) is 1. The third-order valence-electron chi connectivity index (χ3n) is 2.14. The van der Waals surface area contributed by atoms with Crippen LogP contribution in [-0.2, 0) is 0 Å². The summed E-state index contributed by atoms with van der Waals surface area (Å²) in [6.07, 6.45) is 0. The summed E-state index contributed by atoms with van der Waals surface area (Å²) >= 11 is 0. The quantitative estimate of drug-likeness (QED) is 0.561. The van der Waals surface area contributed by atoms with E-state index in [0.717, 1.165) is 0 Å². The van der Waals surface area contributed by atoms with Crippen LogP contribution in [0.3, 0.4) is 0 Å². The molecule has 0 fully saturated rings. The maximum absolute atomic E-state index is 11.8. The number of aromatic nitrogens is 1. The van der Waals surface area contributed by atoms with Crippen LogP contribution < -0.4 is 0 Å². The highest BCUT2D eigenvalue weighted by molar-refractivity contribution is 5.92. The van der Waals surface area contributed by atoms with Crippen LogP contribution in [0.25, 0.3) is 0 Å². The van der Waals surface area contributed by atoms with Crippen LogP contribution in [0.2, 0.25) is 0 Å². The number of aromatic amines is 1. The summed E-state index contributed by atoms with van der Waals surface area (Å²) in [6.45, 7) is 2.28. The van der Waals surface area contributed by atoms with Gasteiger partial charge in [0.2, 0.25) is 0 Å². The van der Waals surface area contributed by atoms with E-state index in [-0.39, 0.29) is 30.6 Å². The lowest BCUT2D eigenvalue weighted by Gasteiger charge is -2.17. The van der Waals surface area contributed by atoms with Crippen LogP contribution in [0.1, 0.15) is 17.4 Å². The molecule has 1 heterocycles. The zero-order valence-electron chi connectivity index (χ0n) is 8.84. The first-order chi connectivity index (χ1) is 7.60. The average molecular weight is 227 g/mol. The van der Waals surface area contributed by atoms with Crippen LogP contribution in [-0.4, -0.2) is 45.5 Å². The van der Waals surface area contributed by atoms with Crippen molar-refractivity contribution in [2.24, 2.45) is 0 Å². The minimum Gasteiger partial charge on any atom is -0.395 e. The Morgan fingerprint density at radius 2 is 2.31 bits per heavy atom. The Morgan fingerprint density at radius 1 is 1.62 bits per heavy atom. The van der Waals surface area contributed by atoms with E-state index in [4.69, 9.17) is 5.11 Å². The molecule has 0 unspecified atom stereocenters. The average Bonchev–Trinajstić information content (AvgIpc) is 2.74. The van der Waals surface area contributed by atoms with Crippen molar-refractivity contribution in [3.8, 4) is 0 Å². The molecule has 1 aromatic rings. The Bertz CT molecular complexity index is 388. The fourth-order valence-electron chi connectivity index (χ4n) is 1.31. The minimum absolute atomic E-state index is 0.137. The van der Waals surface area contributed by atoms with Gasteiger partial charge in [0.25, 0.3) is 5.91 Å². The predicted octanol–water partition coefficient (Wildman–Crippen LogP) is 0.377. The molecule has 0 saturated heterocycles. The van der Waals surface area contributed by atoms with Gasteiger partial charge in [0, 0.05) is 19.2 Å². The number of amides is 1. The molecule has 88 valence electrons. The summed E-state index contributed by atoms with van der Waals surface area (Å²) in [6, 6.07) is 2.60. The smallest absolute Gasteiger partial charge is 0.321 e. The summed E-state index contributed by atoms with van der Waals surface area (Å²) in [5.41, 5.74) is 0.155. The first kappa shape index (κ1) is 12.2. The molecule has 0 saturated carbocycles. The van der Waals surface area contributed by atoms with E-state index in [9.17, 15) is 14.9 Å². The molecule has 0 atom stereocenters. The molecular formula is C9H13N3O4. The number of aliphatic hydroxyl groups is 1. The number of nitrogens with zero attached hydrogens (tertiary/aromatic N) is 2. The van der Waals surface area contributed by atoms with Crippen molar-refractivity contribution in [1.82, 2.24) is 9.88 Å².